The molecule has 0 fully saturated rings. The van der Waals surface area contributed by atoms with E-state index in [1.807, 2.05) is 0 Å². The molecule has 1 N–H and O–H groups in total. The van der Waals surface area contributed by atoms with Crippen LogP contribution in [0.5, 0.6) is 0 Å². The van der Waals surface area contributed by atoms with Gasteiger partial charge in [0.1, 0.15) is 0 Å². The van der Waals surface area contributed by atoms with Crippen molar-refractivity contribution in [2.75, 3.05) is 4.72 Å². The quantitative estimate of drug-likeness (QED) is 0.878. The van der Waals surface area contributed by atoms with Crippen LogP contribution >= 0.6 is 11.6 Å². The van der Waals surface area contributed by atoms with Gasteiger partial charge in [0, 0.05) is 6.20 Å². The maximum absolute atomic E-state index is 11.9. The molecule has 0 atom stereocenters. The van der Waals surface area contributed by atoms with Crippen LogP contribution in [0.2, 0.25) is 5.02 Å². The third kappa shape index (κ3) is 2.52. The first-order chi connectivity index (χ1) is 6.43. The summed E-state index contributed by atoms with van der Waals surface area (Å²) in [7, 11) is -4.70. The lowest BCUT2D eigenvalue weighted by molar-refractivity contribution is 0.236. The van der Waals surface area contributed by atoms with Gasteiger partial charge in [0.25, 0.3) is 10.0 Å². The average Bonchev–Trinajstić information content (AvgIpc) is 2.08. The predicted molar refractivity (Wildman–Crippen MR) is 47.8 cm³/mol. The number of aromatic nitrogens is 1. The van der Waals surface area contributed by atoms with E-state index >= 15 is 0 Å². The van der Waals surface area contributed by atoms with Crippen molar-refractivity contribution >= 4 is 27.4 Å². The van der Waals surface area contributed by atoms with E-state index in [2.05, 4.69) is 4.98 Å². The highest BCUT2D eigenvalue weighted by Gasteiger charge is 2.24. The number of rotatable bonds is 3. The van der Waals surface area contributed by atoms with Gasteiger partial charge in [0.2, 0.25) is 0 Å². The number of halogens is 3. The van der Waals surface area contributed by atoms with Gasteiger partial charge in [-0.3, -0.25) is 4.72 Å². The molecule has 8 heteroatoms. The molecule has 0 aliphatic rings. The standard InChI is InChI=1S/C6H5ClF2N2O2S/c7-4-2-1-3-10-5(4)11-14(12,13)6(8)9/h1-3,6H,(H,10,11). The summed E-state index contributed by atoms with van der Waals surface area (Å²) in [4.78, 5) is 3.49. The number of hydrogen-bond acceptors (Lipinski definition) is 3. The number of sulfonamides is 1. The molecule has 78 valence electrons. The molecule has 1 aromatic heterocycles. The summed E-state index contributed by atoms with van der Waals surface area (Å²) in [5.74, 6) is -3.82. The zero-order chi connectivity index (χ0) is 10.8. The Hall–Kier alpha value is -0.950. The van der Waals surface area contributed by atoms with Gasteiger partial charge < -0.3 is 0 Å². The van der Waals surface area contributed by atoms with Crippen molar-refractivity contribution in [3.8, 4) is 0 Å². The second kappa shape index (κ2) is 4.05. The molecule has 1 heterocycles. The maximum atomic E-state index is 11.9. The first-order valence-corrected chi connectivity index (χ1v) is 5.26. The summed E-state index contributed by atoms with van der Waals surface area (Å²) < 4.78 is 46.8. The molecule has 0 saturated heterocycles. The largest absolute Gasteiger partial charge is 0.355 e. The number of pyridine rings is 1. The third-order valence-corrected chi connectivity index (χ3v) is 2.48. The number of alkyl halides is 2. The zero-order valence-electron chi connectivity index (χ0n) is 6.62. The van der Waals surface area contributed by atoms with E-state index in [1.54, 1.807) is 4.72 Å². The fourth-order valence-corrected chi connectivity index (χ4v) is 1.39. The third-order valence-electron chi connectivity index (χ3n) is 1.23. The Morgan fingerprint density at radius 1 is 1.50 bits per heavy atom. The highest BCUT2D eigenvalue weighted by molar-refractivity contribution is 7.93. The molecule has 1 rings (SSSR count). The van der Waals surface area contributed by atoms with Crippen molar-refractivity contribution < 1.29 is 17.2 Å². The smallest absolute Gasteiger partial charge is 0.261 e. The SMILES string of the molecule is O=S(=O)(Nc1ncccc1Cl)C(F)F. The van der Waals surface area contributed by atoms with Crippen molar-refractivity contribution in [1.29, 1.82) is 0 Å². The molecule has 14 heavy (non-hydrogen) atoms. The van der Waals surface area contributed by atoms with Gasteiger partial charge in [-0.05, 0) is 12.1 Å². The molecular formula is C6H5ClF2N2O2S. The van der Waals surface area contributed by atoms with Crippen LogP contribution in [-0.4, -0.2) is 19.2 Å². The normalized spacial score (nSPS) is 11.7. The Kier molecular flexibility index (Phi) is 3.22. The van der Waals surface area contributed by atoms with Crippen LogP contribution in [0.3, 0.4) is 0 Å². The topological polar surface area (TPSA) is 59.1 Å². The molecule has 0 radical (unpaired) electrons. The highest BCUT2D eigenvalue weighted by Crippen LogP contribution is 2.20. The van der Waals surface area contributed by atoms with E-state index in [-0.39, 0.29) is 10.8 Å². The first-order valence-electron chi connectivity index (χ1n) is 3.34. The minimum atomic E-state index is -4.70. The molecule has 0 aliphatic heterocycles. The summed E-state index contributed by atoms with van der Waals surface area (Å²) in [6.45, 7) is 0. The summed E-state index contributed by atoms with van der Waals surface area (Å²) in [5, 5.41) is -0.0447. The fourth-order valence-electron chi connectivity index (χ4n) is 0.640. The monoisotopic (exact) mass is 242 g/mol. The summed E-state index contributed by atoms with van der Waals surface area (Å²) >= 11 is 5.50. The van der Waals surface area contributed by atoms with Crippen LogP contribution in [0.4, 0.5) is 14.6 Å². The van der Waals surface area contributed by atoms with E-state index < -0.39 is 15.8 Å². The lowest BCUT2D eigenvalue weighted by Gasteiger charge is -2.06. The molecule has 0 bridgehead atoms. The fraction of sp³-hybridized carbons (Fsp3) is 0.167. The number of anilines is 1. The van der Waals surface area contributed by atoms with Gasteiger partial charge in [-0.1, -0.05) is 11.6 Å². The Morgan fingerprint density at radius 3 is 2.64 bits per heavy atom. The average molecular weight is 243 g/mol. The number of nitrogens with zero attached hydrogens (tertiary/aromatic N) is 1. The number of nitrogens with one attached hydrogen (secondary N) is 1. The van der Waals surface area contributed by atoms with Crippen LogP contribution in [0.15, 0.2) is 18.3 Å². The van der Waals surface area contributed by atoms with Crippen molar-refractivity contribution in [2.45, 2.75) is 5.76 Å². The second-order valence-electron chi connectivity index (χ2n) is 2.24. The van der Waals surface area contributed by atoms with E-state index in [0.717, 1.165) is 0 Å². The minimum absolute atomic E-state index is 0.0447. The Labute approximate surface area is 84.0 Å². The molecule has 0 saturated carbocycles. The van der Waals surface area contributed by atoms with Crippen LogP contribution in [0, 0.1) is 0 Å². The molecule has 0 aromatic carbocycles. The summed E-state index contributed by atoms with van der Waals surface area (Å²) in [6.07, 6.45) is 1.23. The van der Waals surface area contributed by atoms with E-state index in [9.17, 15) is 17.2 Å². The molecule has 4 nitrogen and oxygen atoms in total. The van der Waals surface area contributed by atoms with Gasteiger partial charge in [0.15, 0.2) is 5.82 Å². The van der Waals surface area contributed by atoms with Crippen LogP contribution in [-0.2, 0) is 10.0 Å². The van der Waals surface area contributed by atoms with E-state index in [0.29, 0.717) is 0 Å². The highest BCUT2D eigenvalue weighted by atomic mass is 35.5. The van der Waals surface area contributed by atoms with Crippen LogP contribution < -0.4 is 4.72 Å². The Morgan fingerprint density at radius 2 is 2.14 bits per heavy atom. The van der Waals surface area contributed by atoms with Gasteiger partial charge in [0.05, 0.1) is 5.02 Å². The van der Waals surface area contributed by atoms with Gasteiger partial charge in [-0.15, -0.1) is 0 Å². The Bertz CT molecular complexity index is 424. The molecular weight excluding hydrogens is 238 g/mol. The predicted octanol–water partition coefficient (Wildman–Crippen LogP) is 1.70. The summed E-state index contributed by atoms with van der Waals surface area (Å²) in [6, 6.07) is 2.78. The first kappa shape index (κ1) is 11.1. The Balaban J connectivity index is 2.96. The zero-order valence-corrected chi connectivity index (χ0v) is 8.19. The van der Waals surface area contributed by atoms with Gasteiger partial charge >= 0.3 is 5.76 Å². The van der Waals surface area contributed by atoms with Crippen molar-refractivity contribution in [3.05, 3.63) is 23.4 Å². The molecule has 0 unspecified atom stereocenters. The van der Waals surface area contributed by atoms with Crippen molar-refractivity contribution in [2.24, 2.45) is 0 Å². The van der Waals surface area contributed by atoms with E-state index in [1.165, 1.54) is 18.3 Å². The minimum Gasteiger partial charge on any atom is -0.261 e. The lowest BCUT2D eigenvalue weighted by Crippen LogP contribution is -2.21. The van der Waals surface area contributed by atoms with Crippen LogP contribution in [0.25, 0.3) is 0 Å². The van der Waals surface area contributed by atoms with Crippen molar-refractivity contribution in [1.82, 2.24) is 4.98 Å². The molecule has 1 aromatic rings. The van der Waals surface area contributed by atoms with Gasteiger partial charge in [-0.2, -0.15) is 8.78 Å². The molecule has 0 aliphatic carbocycles. The molecule has 0 amide bonds. The number of hydrogen-bond donors (Lipinski definition) is 1. The molecule has 0 spiro atoms. The lowest BCUT2D eigenvalue weighted by atomic mass is 10.5. The van der Waals surface area contributed by atoms with Crippen molar-refractivity contribution in [3.63, 3.8) is 0 Å². The van der Waals surface area contributed by atoms with Gasteiger partial charge in [-0.25, -0.2) is 13.4 Å². The summed E-state index contributed by atoms with van der Waals surface area (Å²) in [5.41, 5.74) is 0. The maximum Gasteiger partial charge on any atom is 0.355 e. The second-order valence-corrected chi connectivity index (χ2v) is 4.30. The van der Waals surface area contributed by atoms with Crippen LogP contribution in [0.1, 0.15) is 0 Å². The van der Waals surface area contributed by atoms with E-state index in [4.69, 9.17) is 11.6 Å².